The van der Waals surface area contributed by atoms with Gasteiger partial charge in [-0.25, -0.2) is 9.97 Å². The van der Waals surface area contributed by atoms with Crippen LogP contribution in [0.25, 0.3) is 0 Å². The molecule has 9 heteroatoms. The Hall–Kier alpha value is -2.94. The average Bonchev–Trinajstić information content (AvgIpc) is 3.01. The van der Waals surface area contributed by atoms with Gasteiger partial charge in [0.05, 0.1) is 11.9 Å². The third kappa shape index (κ3) is 4.79. The smallest absolute Gasteiger partial charge is 0.433 e. The predicted molar refractivity (Wildman–Crippen MR) is 93.8 cm³/mol. The summed E-state index contributed by atoms with van der Waals surface area (Å²) in [7, 11) is 0. The van der Waals surface area contributed by atoms with E-state index in [1.807, 2.05) is 12.3 Å². The molecule has 3 aromatic rings. The maximum absolute atomic E-state index is 12.7. The number of nitrogens with zero attached hydrogens (tertiary/aromatic N) is 3. The molecule has 0 saturated heterocycles. The van der Waals surface area contributed by atoms with Gasteiger partial charge in [-0.1, -0.05) is 6.07 Å². The highest BCUT2D eigenvalue weighted by molar-refractivity contribution is 7.13. The van der Waals surface area contributed by atoms with Gasteiger partial charge >= 0.3 is 6.18 Å². The molecule has 0 bridgehead atoms. The van der Waals surface area contributed by atoms with Crippen molar-refractivity contribution in [3.8, 4) is 11.6 Å². The average molecular weight is 378 g/mol. The number of aromatic nitrogens is 2. The Kier molecular flexibility index (Phi) is 5.17. The maximum Gasteiger partial charge on any atom is 0.433 e. The van der Waals surface area contributed by atoms with E-state index >= 15 is 0 Å². The van der Waals surface area contributed by atoms with Crippen molar-refractivity contribution >= 4 is 22.7 Å². The van der Waals surface area contributed by atoms with Crippen molar-refractivity contribution in [1.29, 1.82) is 0 Å². The van der Waals surface area contributed by atoms with Crippen LogP contribution in [0.2, 0.25) is 0 Å². The lowest BCUT2D eigenvalue weighted by Gasteiger charge is -2.08. The van der Waals surface area contributed by atoms with E-state index in [2.05, 4.69) is 20.5 Å². The number of hydrazone groups is 1. The van der Waals surface area contributed by atoms with Crippen LogP contribution in [0, 0.1) is 6.92 Å². The standard InChI is InChI=1S/C17H13F3N4OS/c1-11-10-26-16(22-11)24-21-9-12-5-7-13(8-6-12)25-15-4-2-3-14(23-15)17(18,19)20/h2-10H,1H3,(H,22,24). The van der Waals surface area contributed by atoms with Crippen LogP contribution in [0.15, 0.2) is 52.9 Å². The molecule has 134 valence electrons. The molecule has 0 aliphatic rings. The SMILES string of the molecule is Cc1csc(NN=Cc2ccc(Oc3cccc(C(F)(F)F)n3)cc2)n1. The number of thiazole rings is 1. The number of rotatable bonds is 5. The minimum Gasteiger partial charge on any atom is -0.439 e. The van der Waals surface area contributed by atoms with Gasteiger partial charge in [0.2, 0.25) is 11.0 Å². The normalized spacial score (nSPS) is 11.7. The Balaban J connectivity index is 1.62. The zero-order valence-electron chi connectivity index (χ0n) is 13.5. The molecular weight excluding hydrogens is 365 g/mol. The van der Waals surface area contributed by atoms with Crippen molar-refractivity contribution in [3.63, 3.8) is 0 Å². The predicted octanol–water partition coefficient (Wildman–Crippen LogP) is 5.10. The fourth-order valence-electron chi connectivity index (χ4n) is 1.94. The molecule has 0 atom stereocenters. The molecule has 0 unspecified atom stereocenters. The van der Waals surface area contributed by atoms with Gasteiger partial charge in [-0.2, -0.15) is 18.3 Å². The summed E-state index contributed by atoms with van der Waals surface area (Å²) in [6.07, 6.45) is -2.91. The number of halogens is 3. The van der Waals surface area contributed by atoms with E-state index in [1.54, 1.807) is 30.5 Å². The largest absolute Gasteiger partial charge is 0.439 e. The lowest BCUT2D eigenvalue weighted by Crippen LogP contribution is -2.07. The van der Waals surface area contributed by atoms with E-state index in [0.29, 0.717) is 10.9 Å². The number of hydrogen-bond donors (Lipinski definition) is 1. The Morgan fingerprint density at radius 2 is 1.88 bits per heavy atom. The number of pyridine rings is 1. The van der Waals surface area contributed by atoms with Gasteiger partial charge < -0.3 is 4.74 Å². The van der Waals surface area contributed by atoms with E-state index < -0.39 is 11.9 Å². The summed E-state index contributed by atoms with van der Waals surface area (Å²) >= 11 is 1.45. The second-order valence-electron chi connectivity index (χ2n) is 5.19. The first-order chi connectivity index (χ1) is 12.4. The molecule has 0 spiro atoms. The highest BCUT2D eigenvalue weighted by atomic mass is 32.1. The maximum atomic E-state index is 12.7. The Morgan fingerprint density at radius 3 is 2.54 bits per heavy atom. The van der Waals surface area contributed by atoms with Crippen LogP contribution in [0.4, 0.5) is 18.3 Å². The van der Waals surface area contributed by atoms with Crippen molar-refractivity contribution in [2.24, 2.45) is 5.10 Å². The van der Waals surface area contributed by atoms with Gasteiger partial charge in [0.25, 0.3) is 0 Å². The first-order valence-electron chi connectivity index (χ1n) is 7.43. The Labute approximate surface area is 151 Å². The zero-order valence-corrected chi connectivity index (χ0v) is 14.3. The number of hydrogen-bond acceptors (Lipinski definition) is 6. The van der Waals surface area contributed by atoms with Gasteiger partial charge in [-0.15, -0.1) is 11.3 Å². The fourth-order valence-corrected chi connectivity index (χ4v) is 2.58. The molecule has 1 N–H and O–H groups in total. The van der Waals surface area contributed by atoms with Crippen LogP contribution in [-0.2, 0) is 6.18 Å². The van der Waals surface area contributed by atoms with Crippen LogP contribution < -0.4 is 10.2 Å². The third-order valence-electron chi connectivity index (χ3n) is 3.11. The van der Waals surface area contributed by atoms with Crippen LogP contribution in [-0.4, -0.2) is 16.2 Å². The van der Waals surface area contributed by atoms with Gasteiger partial charge in [0.15, 0.2) is 0 Å². The molecule has 0 fully saturated rings. The second-order valence-corrected chi connectivity index (χ2v) is 6.05. The monoisotopic (exact) mass is 378 g/mol. The van der Waals surface area contributed by atoms with E-state index in [0.717, 1.165) is 17.3 Å². The molecule has 2 aromatic heterocycles. The van der Waals surface area contributed by atoms with Crippen LogP contribution in [0.5, 0.6) is 11.6 Å². The molecule has 3 rings (SSSR count). The summed E-state index contributed by atoms with van der Waals surface area (Å²) in [6.45, 7) is 1.89. The molecule has 0 aliphatic heterocycles. The lowest BCUT2D eigenvalue weighted by atomic mass is 10.2. The number of benzene rings is 1. The number of anilines is 1. The molecule has 0 radical (unpaired) electrons. The van der Waals surface area contributed by atoms with Crippen LogP contribution >= 0.6 is 11.3 Å². The third-order valence-corrected chi connectivity index (χ3v) is 3.97. The number of ether oxygens (including phenoxy) is 1. The zero-order chi connectivity index (χ0) is 18.6. The first-order valence-corrected chi connectivity index (χ1v) is 8.31. The Morgan fingerprint density at radius 1 is 1.12 bits per heavy atom. The van der Waals surface area contributed by atoms with E-state index in [-0.39, 0.29) is 5.88 Å². The first kappa shape index (κ1) is 17.9. The minimum atomic E-state index is -4.51. The molecule has 5 nitrogen and oxygen atoms in total. The molecule has 2 heterocycles. The summed E-state index contributed by atoms with van der Waals surface area (Å²) in [5.74, 6) is 0.250. The molecule has 1 aromatic carbocycles. The molecule has 0 saturated carbocycles. The molecular formula is C17H13F3N4OS. The minimum absolute atomic E-state index is 0.123. The summed E-state index contributed by atoms with van der Waals surface area (Å²) in [5, 5.41) is 6.67. The van der Waals surface area contributed by atoms with Crippen LogP contribution in [0.1, 0.15) is 17.0 Å². The van der Waals surface area contributed by atoms with Crippen molar-refractivity contribution < 1.29 is 17.9 Å². The summed E-state index contributed by atoms with van der Waals surface area (Å²) in [6, 6.07) is 10.2. The van der Waals surface area contributed by atoms with Crippen molar-refractivity contribution in [1.82, 2.24) is 9.97 Å². The lowest BCUT2D eigenvalue weighted by molar-refractivity contribution is -0.141. The summed E-state index contributed by atoms with van der Waals surface area (Å²) in [5.41, 5.74) is 3.52. The topological polar surface area (TPSA) is 59.4 Å². The summed E-state index contributed by atoms with van der Waals surface area (Å²) in [4.78, 5) is 7.67. The van der Waals surface area contributed by atoms with Crippen molar-refractivity contribution in [2.45, 2.75) is 13.1 Å². The molecule has 0 amide bonds. The van der Waals surface area contributed by atoms with Gasteiger partial charge in [-0.05, 0) is 42.8 Å². The van der Waals surface area contributed by atoms with E-state index in [4.69, 9.17) is 4.74 Å². The number of aryl methyl sites for hydroxylation is 1. The Bertz CT molecular complexity index is 907. The van der Waals surface area contributed by atoms with Gasteiger partial charge in [0.1, 0.15) is 11.4 Å². The summed E-state index contributed by atoms with van der Waals surface area (Å²) < 4.78 is 43.3. The molecule has 26 heavy (non-hydrogen) atoms. The fraction of sp³-hybridized carbons (Fsp3) is 0.118. The quantitative estimate of drug-likeness (QED) is 0.495. The van der Waals surface area contributed by atoms with Crippen molar-refractivity contribution in [3.05, 3.63) is 64.8 Å². The van der Waals surface area contributed by atoms with Gasteiger partial charge in [0, 0.05) is 11.4 Å². The number of alkyl halides is 3. The van der Waals surface area contributed by atoms with E-state index in [1.165, 1.54) is 23.5 Å². The van der Waals surface area contributed by atoms with Gasteiger partial charge in [-0.3, -0.25) is 5.43 Å². The highest BCUT2D eigenvalue weighted by Crippen LogP contribution is 2.29. The van der Waals surface area contributed by atoms with Crippen molar-refractivity contribution in [2.75, 3.05) is 5.43 Å². The number of nitrogens with one attached hydrogen (secondary N) is 1. The highest BCUT2D eigenvalue weighted by Gasteiger charge is 2.32. The van der Waals surface area contributed by atoms with E-state index in [9.17, 15) is 13.2 Å². The second kappa shape index (κ2) is 7.52. The molecule has 0 aliphatic carbocycles. The van der Waals surface area contributed by atoms with Crippen LogP contribution in [0.3, 0.4) is 0 Å².